The van der Waals surface area contributed by atoms with Crippen LogP contribution in [0.2, 0.25) is 0 Å². The number of rotatable bonds is 2. The molecular weight excluding hydrogens is 349 g/mol. The predicted octanol–water partition coefficient (Wildman–Crippen LogP) is 5.40. The van der Waals surface area contributed by atoms with Crippen molar-refractivity contribution in [2.45, 2.75) is 84.5 Å². The van der Waals surface area contributed by atoms with Crippen LogP contribution in [0.15, 0.2) is 0 Å². The van der Waals surface area contributed by atoms with E-state index in [0.29, 0.717) is 11.3 Å². The largest absolute Gasteiger partial charge is 0.299 e. The highest BCUT2D eigenvalue weighted by atomic mass is 127. The van der Waals surface area contributed by atoms with Crippen molar-refractivity contribution in [2.75, 3.05) is 0 Å². The number of carbonyl (C=O) groups is 1. The molecule has 0 unspecified atom stereocenters. The maximum absolute atomic E-state index is 11.6. The zero-order chi connectivity index (χ0) is 14.1. The lowest BCUT2D eigenvalue weighted by Crippen LogP contribution is -2.19. The third kappa shape index (κ3) is 8.16. The summed E-state index contributed by atoms with van der Waals surface area (Å²) < 4.78 is 2.75. The van der Waals surface area contributed by atoms with E-state index in [1.807, 2.05) is 22.9 Å². The van der Waals surface area contributed by atoms with Gasteiger partial charge in [-0.15, -0.1) is 0 Å². The second-order valence-corrected chi connectivity index (χ2v) is 7.49. The van der Waals surface area contributed by atoms with E-state index < -0.39 is 0 Å². The van der Waals surface area contributed by atoms with Gasteiger partial charge in [-0.1, -0.05) is 52.4 Å². The highest BCUT2D eigenvalue weighted by Crippen LogP contribution is 2.33. The Morgan fingerprint density at radius 3 is 2.37 bits per heavy atom. The molecule has 0 aromatic carbocycles. The highest BCUT2D eigenvalue weighted by Gasteiger charge is 2.21. The normalized spacial score (nSPS) is 25.9. The Morgan fingerprint density at radius 2 is 1.68 bits per heavy atom. The molecule has 0 radical (unpaired) electrons. The van der Waals surface area contributed by atoms with E-state index >= 15 is 0 Å². The summed E-state index contributed by atoms with van der Waals surface area (Å²) in [6, 6.07) is 0. The monoisotopic (exact) mass is 379 g/mol. The molecule has 1 fully saturated rings. The lowest BCUT2D eigenvalue weighted by molar-refractivity contribution is -0.119. The van der Waals surface area contributed by atoms with Crippen molar-refractivity contribution in [3.63, 3.8) is 0 Å². The summed E-state index contributed by atoms with van der Waals surface area (Å²) in [5, 5.41) is 0. The fraction of sp³-hybridized carbons (Fsp3) is 0.938. The van der Waals surface area contributed by atoms with Crippen LogP contribution in [0.25, 0.3) is 0 Å². The first-order chi connectivity index (χ1) is 9.03. The van der Waals surface area contributed by atoms with Gasteiger partial charge in [-0.25, -0.2) is 0 Å². The summed E-state index contributed by atoms with van der Waals surface area (Å²) in [4.78, 5) is 11.6. The SMILES string of the molecule is CC1(C)CCCCCCCC[C@H](CC(=O)NI)CC1. The number of halogens is 1. The summed E-state index contributed by atoms with van der Waals surface area (Å²) in [6.07, 6.45) is 14.0. The van der Waals surface area contributed by atoms with Gasteiger partial charge in [0.1, 0.15) is 0 Å². The van der Waals surface area contributed by atoms with Gasteiger partial charge in [0.25, 0.3) is 0 Å². The number of amides is 1. The summed E-state index contributed by atoms with van der Waals surface area (Å²) in [7, 11) is 0. The molecule has 1 amide bonds. The first-order valence-electron chi connectivity index (χ1n) is 7.93. The average Bonchev–Trinajstić information content (AvgIpc) is 2.37. The zero-order valence-electron chi connectivity index (χ0n) is 12.6. The lowest BCUT2D eigenvalue weighted by atomic mass is 9.78. The van der Waals surface area contributed by atoms with Crippen molar-refractivity contribution in [3.8, 4) is 0 Å². The Morgan fingerprint density at radius 1 is 1.05 bits per heavy atom. The van der Waals surface area contributed by atoms with Gasteiger partial charge in [0.15, 0.2) is 0 Å². The minimum absolute atomic E-state index is 0.204. The quantitative estimate of drug-likeness (QED) is 0.505. The van der Waals surface area contributed by atoms with Crippen LogP contribution in [0, 0.1) is 11.3 Å². The Balaban J connectivity index is 2.50. The van der Waals surface area contributed by atoms with Gasteiger partial charge in [0.2, 0.25) is 5.91 Å². The maximum atomic E-state index is 11.6. The van der Waals surface area contributed by atoms with Crippen molar-refractivity contribution in [3.05, 3.63) is 0 Å². The molecule has 1 saturated carbocycles. The van der Waals surface area contributed by atoms with E-state index in [0.717, 1.165) is 6.42 Å². The van der Waals surface area contributed by atoms with Crippen LogP contribution in [0.1, 0.15) is 84.5 Å². The summed E-state index contributed by atoms with van der Waals surface area (Å²) in [6.45, 7) is 4.79. The topological polar surface area (TPSA) is 29.1 Å². The van der Waals surface area contributed by atoms with Crippen molar-refractivity contribution in [1.29, 1.82) is 0 Å². The second kappa shape index (κ2) is 9.19. The molecule has 1 aliphatic rings. The van der Waals surface area contributed by atoms with E-state index in [-0.39, 0.29) is 5.91 Å². The van der Waals surface area contributed by atoms with Gasteiger partial charge >= 0.3 is 0 Å². The Kier molecular flexibility index (Phi) is 8.35. The molecule has 0 saturated heterocycles. The molecule has 1 N–H and O–H groups in total. The van der Waals surface area contributed by atoms with Crippen LogP contribution in [-0.4, -0.2) is 5.91 Å². The van der Waals surface area contributed by atoms with Gasteiger partial charge in [0.05, 0.1) is 22.9 Å². The van der Waals surface area contributed by atoms with Crippen molar-refractivity contribution < 1.29 is 4.79 Å². The fourth-order valence-corrected chi connectivity index (χ4v) is 3.33. The minimum atomic E-state index is 0.204. The van der Waals surface area contributed by atoms with Gasteiger partial charge in [-0.2, -0.15) is 0 Å². The average molecular weight is 379 g/mol. The van der Waals surface area contributed by atoms with Crippen LogP contribution in [-0.2, 0) is 4.79 Å². The Bertz CT molecular complexity index is 265. The predicted molar refractivity (Wildman–Crippen MR) is 90.2 cm³/mol. The third-order valence-corrected chi connectivity index (χ3v) is 5.13. The molecule has 2 nitrogen and oxygen atoms in total. The summed E-state index contributed by atoms with van der Waals surface area (Å²) >= 11 is 1.96. The Labute approximate surface area is 133 Å². The number of carbonyl (C=O) groups excluding carboxylic acids is 1. The first-order valence-corrected chi connectivity index (χ1v) is 9.01. The summed E-state index contributed by atoms with van der Waals surface area (Å²) in [5.41, 5.74) is 0.457. The molecule has 1 atom stereocenters. The van der Waals surface area contributed by atoms with Crippen LogP contribution < -0.4 is 3.53 Å². The zero-order valence-corrected chi connectivity index (χ0v) is 14.8. The van der Waals surface area contributed by atoms with Crippen molar-refractivity contribution in [2.24, 2.45) is 11.3 Å². The van der Waals surface area contributed by atoms with Crippen molar-refractivity contribution in [1.82, 2.24) is 3.53 Å². The molecule has 1 aliphatic carbocycles. The molecule has 1 rings (SSSR count). The van der Waals surface area contributed by atoms with E-state index in [9.17, 15) is 4.79 Å². The molecule has 0 bridgehead atoms. The molecule has 112 valence electrons. The van der Waals surface area contributed by atoms with Crippen LogP contribution in [0.5, 0.6) is 0 Å². The molecule has 0 aliphatic heterocycles. The highest BCUT2D eigenvalue weighted by molar-refractivity contribution is 14.1. The molecule has 19 heavy (non-hydrogen) atoms. The molecule has 0 spiro atoms. The second-order valence-electron chi connectivity index (χ2n) is 6.95. The number of hydrogen-bond acceptors (Lipinski definition) is 1. The third-order valence-electron chi connectivity index (χ3n) is 4.52. The molecule has 0 aromatic rings. The molecular formula is C16H30INO. The fourth-order valence-electron chi connectivity index (χ4n) is 3.11. The van der Waals surface area contributed by atoms with E-state index in [2.05, 4.69) is 17.4 Å². The molecule has 0 heterocycles. The molecule has 0 aromatic heterocycles. The maximum Gasteiger partial charge on any atom is 0.228 e. The summed E-state index contributed by atoms with van der Waals surface area (Å²) in [5.74, 6) is 0.795. The Hall–Kier alpha value is 0.200. The van der Waals surface area contributed by atoms with Gasteiger partial charge < -0.3 is 0 Å². The van der Waals surface area contributed by atoms with Crippen LogP contribution in [0.4, 0.5) is 0 Å². The van der Waals surface area contributed by atoms with Crippen molar-refractivity contribution >= 4 is 28.8 Å². The van der Waals surface area contributed by atoms with E-state index in [4.69, 9.17) is 0 Å². The smallest absolute Gasteiger partial charge is 0.228 e. The first kappa shape index (κ1) is 17.3. The number of nitrogens with one attached hydrogen (secondary N) is 1. The van der Waals surface area contributed by atoms with E-state index in [1.54, 1.807) is 0 Å². The van der Waals surface area contributed by atoms with Crippen LogP contribution in [0.3, 0.4) is 0 Å². The van der Waals surface area contributed by atoms with Gasteiger partial charge in [-0.05, 0) is 37.0 Å². The standard InChI is InChI=1S/C16H30INO/c1-16(2)11-8-6-4-3-5-7-9-14(10-12-16)13-15(19)18-17/h14H,3-13H2,1-2H3,(H,18,19)/t14-/m0/s1. The lowest BCUT2D eigenvalue weighted by Gasteiger charge is -2.28. The molecule has 3 heteroatoms. The van der Waals surface area contributed by atoms with Gasteiger partial charge in [-0.3, -0.25) is 8.32 Å². The minimum Gasteiger partial charge on any atom is -0.299 e. The van der Waals surface area contributed by atoms with Crippen LogP contribution >= 0.6 is 22.9 Å². The van der Waals surface area contributed by atoms with E-state index in [1.165, 1.54) is 64.2 Å². The number of hydrogen-bond donors (Lipinski definition) is 1. The van der Waals surface area contributed by atoms with Gasteiger partial charge in [0, 0.05) is 6.42 Å².